The zero-order valence-electron chi connectivity index (χ0n) is 15.7. The van der Waals surface area contributed by atoms with Gasteiger partial charge < -0.3 is 19.5 Å². The van der Waals surface area contributed by atoms with Gasteiger partial charge in [0.15, 0.2) is 0 Å². The van der Waals surface area contributed by atoms with E-state index in [1.54, 1.807) is 14.2 Å². The normalized spacial score (nSPS) is 18.2. The minimum absolute atomic E-state index is 0.0451. The molecule has 1 N–H and O–H groups in total. The van der Waals surface area contributed by atoms with Crippen molar-refractivity contribution in [3.8, 4) is 11.5 Å². The Balaban J connectivity index is 1.84. The molecule has 0 bridgehead atoms. The fraction of sp³-hybridized carbons (Fsp3) is 0.632. The Morgan fingerprint density at radius 2 is 2.16 bits per heavy atom. The van der Waals surface area contributed by atoms with Crippen LogP contribution in [0.3, 0.4) is 0 Å². The minimum Gasteiger partial charge on any atom is -0.497 e. The largest absolute Gasteiger partial charge is 0.497 e. The fourth-order valence-corrected chi connectivity index (χ4v) is 3.07. The Morgan fingerprint density at radius 1 is 1.36 bits per heavy atom. The van der Waals surface area contributed by atoms with Gasteiger partial charge in [-0.1, -0.05) is 13.8 Å². The molecule has 1 unspecified atom stereocenters. The summed E-state index contributed by atoms with van der Waals surface area (Å²) in [5.74, 6) is 1.99. The van der Waals surface area contributed by atoms with Gasteiger partial charge in [0.1, 0.15) is 11.5 Å². The second-order valence-corrected chi connectivity index (χ2v) is 6.80. The lowest BCUT2D eigenvalue weighted by molar-refractivity contribution is -0.121. The maximum absolute atomic E-state index is 12.3. The average Bonchev–Trinajstić information content (AvgIpc) is 2.59. The highest BCUT2D eigenvalue weighted by Gasteiger charge is 2.21. The summed E-state index contributed by atoms with van der Waals surface area (Å²) in [5.41, 5.74) is 0.811. The summed E-state index contributed by atoms with van der Waals surface area (Å²) in [5, 5.41) is 2.98. The highest BCUT2D eigenvalue weighted by Crippen LogP contribution is 2.24. The number of benzene rings is 1. The lowest BCUT2D eigenvalue weighted by Crippen LogP contribution is -2.48. The summed E-state index contributed by atoms with van der Waals surface area (Å²) in [4.78, 5) is 14.7. The van der Waals surface area contributed by atoms with Crippen LogP contribution in [-0.2, 0) is 16.0 Å². The van der Waals surface area contributed by atoms with Gasteiger partial charge in [0.25, 0.3) is 0 Å². The predicted molar refractivity (Wildman–Crippen MR) is 97.3 cm³/mol. The van der Waals surface area contributed by atoms with Crippen LogP contribution in [0.5, 0.6) is 11.5 Å². The quantitative estimate of drug-likeness (QED) is 0.774. The van der Waals surface area contributed by atoms with Crippen LogP contribution >= 0.6 is 0 Å². The van der Waals surface area contributed by atoms with Crippen molar-refractivity contribution >= 4 is 5.91 Å². The summed E-state index contributed by atoms with van der Waals surface area (Å²) in [6.07, 6.45) is 0.298. The van der Waals surface area contributed by atoms with E-state index < -0.39 is 0 Å². The van der Waals surface area contributed by atoms with Gasteiger partial charge in [0, 0.05) is 31.7 Å². The van der Waals surface area contributed by atoms with Crippen LogP contribution in [0.2, 0.25) is 0 Å². The molecule has 25 heavy (non-hydrogen) atoms. The Kier molecular flexibility index (Phi) is 7.52. The van der Waals surface area contributed by atoms with E-state index in [0.717, 1.165) is 31.8 Å². The Labute approximate surface area is 150 Å². The molecule has 140 valence electrons. The maximum atomic E-state index is 12.3. The molecule has 1 amide bonds. The second kappa shape index (κ2) is 9.63. The van der Waals surface area contributed by atoms with Crippen LogP contribution in [0, 0.1) is 5.92 Å². The van der Waals surface area contributed by atoms with Crippen molar-refractivity contribution in [2.24, 2.45) is 5.92 Å². The number of amides is 1. The number of nitrogens with zero attached hydrogens (tertiary/aromatic N) is 1. The van der Waals surface area contributed by atoms with Crippen LogP contribution < -0.4 is 14.8 Å². The fourth-order valence-electron chi connectivity index (χ4n) is 3.07. The molecule has 1 fully saturated rings. The summed E-state index contributed by atoms with van der Waals surface area (Å²) >= 11 is 0. The van der Waals surface area contributed by atoms with E-state index in [1.807, 2.05) is 18.2 Å². The third-order valence-corrected chi connectivity index (χ3v) is 4.21. The predicted octanol–water partition coefficient (Wildman–Crippen LogP) is 1.72. The molecule has 0 saturated carbocycles. The Bertz CT molecular complexity index is 562. The summed E-state index contributed by atoms with van der Waals surface area (Å²) in [7, 11) is 3.21. The third kappa shape index (κ3) is 6.21. The van der Waals surface area contributed by atoms with Gasteiger partial charge in [0.05, 0.1) is 33.4 Å². The van der Waals surface area contributed by atoms with E-state index in [1.165, 1.54) is 0 Å². The van der Waals surface area contributed by atoms with E-state index in [0.29, 0.717) is 24.0 Å². The first-order valence-corrected chi connectivity index (χ1v) is 8.83. The van der Waals surface area contributed by atoms with Crippen molar-refractivity contribution in [3.05, 3.63) is 23.8 Å². The molecule has 1 saturated heterocycles. The Hall–Kier alpha value is -1.79. The number of hydrogen-bond donors (Lipinski definition) is 1. The maximum Gasteiger partial charge on any atom is 0.224 e. The molecule has 1 aliphatic heterocycles. The number of morpholine rings is 1. The molecule has 1 aromatic carbocycles. The van der Waals surface area contributed by atoms with Crippen molar-refractivity contribution in [1.82, 2.24) is 10.2 Å². The first-order valence-electron chi connectivity index (χ1n) is 8.83. The Morgan fingerprint density at radius 3 is 2.84 bits per heavy atom. The monoisotopic (exact) mass is 350 g/mol. The van der Waals surface area contributed by atoms with Crippen LogP contribution in [0.25, 0.3) is 0 Å². The number of rotatable bonds is 8. The molecule has 6 heteroatoms. The molecule has 6 nitrogen and oxygen atoms in total. The molecule has 0 radical (unpaired) electrons. The van der Waals surface area contributed by atoms with Gasteiger partial charge in [-0.15, -0.1) is 0 Å². The number of ether oxygens (including phenoxy) is 3. The highest BCUT2D eigenvalue weighted by atomic mass is 16.5. The molecule has 2 rings (SSSR count). The summed E-state index contributed by atoms with van der Waals surface area (Å²) in [6.45, 7) is 8.57. The number of carbonyl (C=O) groups is 1. The van der Waals surface area contributed by atoms with Gasteiger partial charge >= 0.3 is 0 Å². The lowest BCUT2D eigenvalue weighted by atomic mass is 10.1. The van der Waals surface area contributed by atoms with Gasteiger partial charge in [-0.25, -0.2) is 0 Å². The molecular weight excluding hydrogens is 320 g/mol. The number of hydrogen-bond acceptors (Lipinski definition) is 5. The standard InChI is InChI=1S/C19H30N2O4/c1-14(2)12-21-7-8-25-17(13-21)11-20-19(22)10-15-9-16(23-3)5-6-18(15)24-4/h5-6,9,14,17H,7-8,10-13H2,1-4H3,(H,20,22). The van der Waals surface area contributed by atoms with E-state index in [2.05, 4.69) is 24.1 Å². The van der Waals surface area contributed by atoms with Crippen molar-refractivity contribution < 1.29 is 19.0 Å². The average molecular weight is 350 g/mol. The second-order valence-electron chi connectivity index (χ2n) is 6.80. The van der Waals surface area contributed by atoms with Crippen molar-refractivity contribution in [3.63, 3.8) is 0 Å². The van der Waals surface area contributed by atoms with Crippen LogP contribution in [0.1, 0.15) is 19.4 Å². The van der Waals surface area contributed by atoms with Gasteiger partial charge in [-0.2, -0.15) is 0 Å². The molecule has 0 aromatic heterocycles. The molecule has 1 heterocycles. The van der Waals surface area contributed by atoms with E-state index in [-0.39, 0.29) is 18.4 Å². The van der Waals surface area contributed by atoms with Gasteiger partial charge in [-0.3, -0.25) is 9.69 Å². The number of methoxy groups -OCH3 is 2. The molecule has 1 aliphatic rings. The summed E-state index contributed by atoms with van der Waals surface area (Å²) in [6, 6.07) is 5.47. The molecule has 0 spiro atoms. The van der Waals surface area contributed by atoms with Crippen molar-refractivity contribution in [2.75, 3.05) is 47.0 Å². The van der Waals surface area contributed by atoms with Gasteiger partial charge in [-0.05, 0) is 24.1 Å². The van der Waals surface area contributed by atoms with Crippen LogP contribution in [-0.4, -0.2) is 63.9 Å². The number of nitrogens with one attached hydrogen (secondary N) is 1. The van der Waals surface area contributed by atoms with E-state index in [4.69, 9.17) is 14.2 Å². The zero-order valence-corrected chi connectivity index (χ0v) is 15.7. The molecular formula is C19H30N2O4. The minimum atomic E-state index is -0.0452. The van der Waals surface area contributed by atoms with Crippen LogP contribution in [0.15, 0.2) is 18.2 Å². The highest BCUT2D eigenvalue weighted by molar-refractivity contribution is 5.79. The van der Waals surface area contributed by atoms with Crippen LogP contribution in [0.4, 0.5) is 0 Å². The molecule has 1 aromatic rings. The first-order chi connectivity index (χ1) is 12.0. The lowest BCUT2D eigenvalue weighted by Gasteiger charge is -2.34. The topological polar surface area (TPSA) is 60.0 Å². The van der Waals surface area contributed by atoms with Crippen molar-refractivity contribution in [2.45, 2.75) is 26.4 Å². The first kappa shape index (κ1) is 19.5. The smallest absolute Gasteiger partial charge is 0.224 e. The summed E-state index contributed by atoms with van der Waals surface area (Å²) < 4.78 is 16.3. The number of carbonyl (C=O) groups excluding carboxylic acids is 1. The van der Waals surface area contributed by atoms with Crippen molar-refractivity contribution in [1.29, 1.82) is 0 Å². The third-order valence-electron chi connectivity index (χ3n) is 4.21. The molecule has 1 atom stereocenters. The van der Waals surface area contributed by atoms with E-state index in [9.17, 15) is 4.79 Å². The van der Waals surface area contributed by atoms with E-state index >= 15 is 0 Å². The zero-order chi connectivity index (χ0) is 18.2. The van der Waals surface area contributed by atoms with Gasteiger partial charge in [0.2, 0.25) is 5.91 Å². The SMILES string of the molecule is COc1ccc(OC)c(CC(=O)NCC2CN(CC(C)C)CCO2)c1. The molecule has 0 aliphatic carbocycles.